The molecule has 0 radical (unpaired) electrons. The van der Waals surface area contributed by atoms with E-state index in [1.54, 1.807) is 6.07 Å². The lowest BCUT2D eigenvalue weighted by atomic mass is 10.2. The van der Waals surface area contributed by atoms with Gasteiger partial charge >= 0.3 is 0 Å². The number of ether oxygens (including phenoxy) is 1. The summed E-state index contributed by atoms with van der Waals surface area (Å²) in [6.07, 6.45) is 3.10. The minimum absolute atomic E-state index is 0.0527. The molecule has 0 spiro atoms. The number of sulfonamides is 2. The lowest BCUT2D eigenvalue weighted by Gasteiger charge is -2.38. The van der Waals surface area contributed by atoms with Crippen LogP contribution >= 0.6 is 24.0 Å². The van der Waals surface area contributed by atoms with E-state index >= 15 is 0 Å². The second-order valence-electron chi connectivity index (χ2n) is 9.85. The minimum atomic E-state index is -4.16. The smallest absolute Gasteiger partial charge is 0.263 e. The molecule has 2 aromatic heterocycles. The van der Waals surface area contributed by atoms with Crippen LogP contribution < -0.4 is 5.48 Å². The van der Waals surface area contributed by atoms with Crippen molar-refractivity contribution in [3.63, 3.8) is 0 Å². The number of benzene rings is 1. The topological polar surface area (TPSA) is 164 Å². The fourth-order valence-electron chi connectivity index (χ4n) is 4.72. The van der Waals surface area contributed by atoms with Crippen LogP contribution in [0, 0.1) is 0 Å². The maximum Gasteiger partial charge on any atom is 0.263 e. The van der Waals surface area contributed by atoms with Crippen molar-refractivity contribution in [3.8, 4) is 10.4 Å². The number of hydroxylamine groups is 1. The van der Waals surface area contributed by atoms with Crippen LogP contribution in [0.4, 0.5) is 0 Å². The molecule has 0 bridgehead atoms. The number of thiol groups is 1. The van der Waals surface area contributed by atoms with Crippen LogP contribution in [0.25, 0.3) is 10.4 Å². The van der Waals surface area contributed by atoms with Gasteiger partial charge in [0.25, 0.3) is 15.9 Å². The molecule has 2 aliphatic heterocycles. The number of carbonyl (C=O) groups excluding carboxylic acids is 1. The zero-order valence-corrected chi connectivity index (χ0v) is 25.9. The monoisotopic (exact) mass is 656 g/mol. The maximum absolute atomic E-state index is 13.9. The van der Waals surface area contributed by atoms with E-state index in [1.807, 2.05) is 30.3 Å². The molecule has 1 amide bonds. The lowest BCUT2D eigenvalue weighted by molar-refractivity contribution is -0.202. The van der Waals surface area contributed by atoms with Gasteiger partial charge in [-0.2, -0.15) is 26.3 Å². The number of nitrogens with zero attached hydrogens (tertiary/aromatic N) is 4. The first kappa shape index (κ1) is 31.1. The number of amides is 1. The molecular weight excluding hydrogens is 625 g/mol. The van der Waals surface area contributed by atoms with Crippen LogP contribution in [0.5, 0.6) is 0 Å². The quantitative estimate of drug-likeness (QED) is 0.207. The Balaban J connectivity index is 1.34. The predicted molar refractivity (Wildman–Crippen MR) is 158 cm³/mol. The molecule has 2 N–H and O–H groups in total. The van der Waals surface area contributed by atoms with Crippen LogP contribution in [0.2, 0.25) is 0 Å². The van der Waals surface area contributed by atoms with Gasteiger partial charge in [0.05, 0.1) is 11.0 Å². The highest BCUT2D eigenvalue weighted by molar-refractivity contribution is 7.91. The van der Waals surface area contributed by atoms with Gasteiger partial charge in [-0.15, -0.1) is 11.3 Å². The predicted octanol–water partition coefficient (Wildman–Crippen LogP) is 2.17. The molecule has 2 unspecified atom stereocenters. The number of rotatable bonds is 11. The summed E-state index contributed by atoms with van der Waals surface area (Å²) in [7, 11) is -8.04. The number of hydrogen-bond donors (Lipinski definition) is 3. The number of nitrogens with one attached hydrogen (secondary N) is 2. The SMILES string of the molecule is O=C(NOC1CCCCO1)[C@H]1CN(S(=O)(=O)CCC(S)c2ncn[nH]2)CCN1S(=O)(=O)c1ccc(-c2ccccc2)s1. The van der Waals surface area contributed by atoms with Crippen molar-refractivity contribution >= 4 is 49.9 Å². The fourth-order valence-corrected chi connectivity index (χ4v) is 9.68. The van der Waals surface area contributed by atoms with Crippen LogP contribution in [-0.2, 0) is 34.4 Å². The highest BCUT2D eigenvalue weighted by Gasteiger charge is 2.44. The zero-order chi connectivity index (χ0) is 29.7. The largest absolute Gasteiger partial charge is 0.350 e. The Morgan fingerprint density at radius 3 is 2.69 bits per heavy atom. The van der Waals surface area contributed by atoms with Gasteiger partial charge in [0.1, 0.15) is 22.4 Å². The standard InChI is InChI=1S/C25H32N6O7S4/c32-25(29-38-22-8-4-5-14-37-22)19-16-30(41(33,34)15-11-20(39)24-26-17-27-28-24)12-13-31(19)42(35,36)23-10-9-21(40-23)18-6-2-1-3-7-18/h1-3,6-7,9-10,17,19-20,22,39H,4-5,8,11-16H2,(H,29,32)(H,26,27,28)/t19-,20?,22?/m1/s1. The summed E-state index contributed by atoms with van der Waals surface area (Å²) >= 11 is 5.50. The molecule has 3 aromatic rings. The van der Waals surface area contributed by atoms with Gasteiger partial charge < -0.3 is 4.74 Å². The van der Waals surface area contributed by atoms with Crippen molar-refractivity contribution in [2.24, 2.45) is 0 Å². The van der Waals surface area contributed by atoms with Crippen LogP contribution in [0.3, 0.4) is 0 Å². The number of piperazine rings is 1. The molecule has 5 rings (SSSR count). The molecule has 0 aliphatic carbocycles. The molecule has 2 aliphatic rings. The minimum Gasteiger partial charge on any atom is -0.350 e. The van der Waals surface area contributed by atoms with E-state index in [1.165, 1.54) is 12.4 Å². The molecule has 0 saturated carbocycles. The van der Waals surface area contributed by atoms with Gasteiger partial charge in [-0.25, -0.2) is 32.1 Å². The third-order valence-electron chi connectivity index (χ3n) is 7.02. The number of aromatic amines is 1. The first-order chi connectivity index (χ1) is 20.1. The van der Waals surface area contributed by atoms with E-state index in [2.05, 4.69) is 33.3 Å². The summed E-state index contributed by atoms with van der Waals surface area (Å²) < 4.78 is 62.1. The number of thiophene rings is 1. The van der Waals surface area contributed by atoms with Crippen molar-refractivity contribution < 1.29 is 31.2 Å². The number of carbonyl (C=O) groups is 1. The van der Waals surface area contributed by atoms with E-state index in [0.29, 0.717) is 18.9 Å². The summed E-state index contributed by atoms with van der Waals surface area (Å²) in [5, 5.41) is 5.94. The van der Waals surface area contributed by atoms with Gasteiger partial charge in [-0.3, -0.25) is 9.89 Å². The normalized spacial score (nSPS) is 21.6. The van der Waals surface area contributed by atoms with Crippen molar-refractivity contribution in [2.75, 3.05) is 32.0 Å². The molecule has 13 nitrogen and oxygen atoms in total. The number of H-pyrrole nitrogens is 1. The molecular formula is C25H32N6O7S4. The number of aromatic nitrogens is 3. The third kappa shape index (κ3) is 7.21. The first-order valence-electron chi connectivity index (χ1n) is 13.4. The van der Waals surface area contributed by atoms with Crippen molar-refractivity contribution in [3.05, 3.63) is 54.6 Å². The zero-order valence-electron chi connectivity index (χ0n) is 22.5. The van der Waals surface area contributed by atoms with E-state index < -0.39 is 43.5 Å². The van der Waals surface area contributed by atoms with Gasteiger partial charge in [-0.1, -0.05) is 30.3 Å². The van der Waals surface area contributed by atoms with E-state index in [9.17, 15) is 21.6 Å². The molecule has 17 heteroatoms. The van der Waals surface area contributed by atoms with Gasteiger partial charge in [0.15, 0.2) is 6.29 Å². The van der Waals surface area contributed by atoms with E-state index in [0.717, 1.165) is 43.2 Å². The van der Waals surface area contributed by atoms with Gasteiger partial charge in [-0.05, 0) is 37.0 Å². The summed E-state index contributed by atoms with van der Waals surface area (Å²) in [6, 6.07) is 11.2. The molecule has 2 fully saturated rings. The first-order valence-corrected chi connectivity index (χ1v) is 17.8. The van der Waals surface area contributed by atoms with Gasteiger partial charge in [0, 0.05) is 37.5 Å². The average Bonchev–Trinajstić information content (AvgIpc) is 3.73. The number of hydrogen-bond acceptors (Lipinski definition) is 11. The molecule has 3 atom stereocenters. The second-order valence-corrected chi connectivity index (χ2v) is 15.8. The Kier molecular flexibility index (Phi) is 9.99. The van der Waals surface area contributed by atoms with Gasteiger partial charge in [0.2, 0.25) is 10.0 Å². The summed E-state index contributed by atoms with van der Waals surface area (Å²) in [6.45, 7) is -0.226. The summed E-state index contributed by atoms with van der Waals surface area (Å²) in [5.74, 6) is -0.614. The Morgan fingerprint density at radius 1 is 1.17 bits per heavy atom. The third-order valence-corrected chi connectivity index (χ3v) is 12.9. The maximum atomic E-state index is 13.9. The Labute approximate surface area is 254 Å². The van der Waals surface area contributed by atoms with Crippen LogP contribution in [0.1, 0.15) is 36.8 Å². The van der Waals surface area contributed by atoms with Crippen LogP contribution in [-0.4, -0.2) is 90.9 Å². The Morgan fingerprint density at radius 2 is 1.98 bits per heavy atom. The van der Waals surface area contributed by atoms with Crippen LogP contribution in [0.15, 0.2) is 53.0 Å². The fraction of sp³-hybridized carbons (Fsp3) is 0.480. The van der Waals surface area contributed by atoms with E-state index in [-0.39, 0.29) is 36.0 Å². The molecule has 228 valence electrons. The molecule has 4 heterocycles. The average molecular weight is 657 g/mol. The Hall–Kier alpha value is -2.38. The highest BCUT2D eigenvalue weighted by atomic mass is 32.2. The molecule has 42 heavy (non-hydrogen) atoms. The summed E-state index contributed by atoms with van der Waals surface area (Å²) in [5.41, 5.74) is 3.19. The molecule has 1 aromatic carbocycles. The summed E-state index contributed by atoms with van der Waals surface area (Å²) in [4.78, 5) is 23.6. The van der Waals surface area contributed by atoms with Crippen molar-refractivity contribution in [1.29, 1.82) is 0 Å². The van der Waals surface area contributed by atoms with Crippen molar-refractivity contribution in [1.82, 2.24) is 29.3 Å². The Bertz CT molecular complexity index is 1540. The van der Waals surface area contributed by atoms with Crippen molar-refractivity contribution in [2.45, 2.75) is 47.5 Å². The van der Waals surface area contributed by atoms with E-state index in [4.69, 9.17) is 9.57 Å². The highest BCUT2D eigenvalue weighted by Crippen LogP contribution is 2.34. The second kappa shape index (κ2) is 13.5. The molecule has 2 saturated heterocycles. The lowest BCUT2D eigenvalue weighted by Crippen LogP contribution is -2.61.